The first kappa shape index (κ1) is 12.1. The van der Waals surface area contributed by atoms with Crippen LogP contribution in [0.1, 0.15) is 24.2 Å². The normalized spacial score (nSPS) is 15.3. The summed E-state index contributed by atoms with van der Waals surface area (Å²) in [5.74, 6) is 0. The number of halogens is 2. The maximum Gasteiger partial charge on any atom is 0.0742 e. The molecule has 0 saturated heterocycles. The second kappa shape index (κ2) is 4.70. The zero-order valence-corrected chi connectivity index (χ0v) is 11.1. The summed E-state index contributed by atoms with van der Waals surface area (Å²) in [6.07, 6.45) is 1.08. The van der Waals surface area contributed by atoms with Crippen LogP contribution < -0.4 is 5.73 Å². The Morgan fingerprint density at radius 2 is 2.07 bits per heavy atom. The monoisotopic (exact) mass is 322 g/mol. The van der Waals surface area contributed by atoms with E-state index >= 15 is 0 Å². The molecule has 1 rings (SSSR count). The Morgan fingerprint density at radius 1 is 1.50 bits per heavy atom. The van der Waals surface area contributed by atoms with Gasteiger partial charge in [0.15, 0.2) is 0 Å². The van der Waals surface area contributed by atoms with Crippen LogP contribution in [0.4, 0.5) is 0 Å². The van der Waals surface area contributed by atoms with Crippen molar-refractivity contribution >= 4 is 31.9 Å². The minimum atomic E-state index is -0.612. The van der Waals surface area contributed by atoms with Crippen molar-refractivity contribution in [1.29, 1.82) is 0 Å². The van der Waals surface area contributed by atoms with Crippen molar-refractivity contribution in [3.05, 3.63) is 26.4 Å². The molecule has 14 heavy (non-hydrogen) atoms. The number of pyridine rings is 1. The summed E-state index contributed by atoms with van der Waals surface area (Å²) in [6, 6.07) is -0.462. The Hall–Kier alpha value is 0.0300. The van der Waals surface area contributed by atoms with Gasteiger partial charge in [-0.05, 0) is 51.3 Å². The number of hydrogen-bond acceptors (Lipinski definition) is 3. The number of aromatic nitrogens is 1. The predicted octanol–water partition coefficient (Wildman–Crippen LogP) is 2.30. The van der Waals surface area contributed by atoms with Crippen molar-refractivity contribution in [3.8, 4) is 0 Å². The van der Waals surface area contributed by atoms with E-state index in [4.69, 9.17) is 5.73 Å². The van der Waals surface area contributed by atoms with Crippen molar-refractivity contribution in [2.75, 3.05) is 0 Å². The zero-order chi connectivity index (χ0) is 10.9. The number of hydrogen-bond donors (Lipinski definition) is 2. The van der Waals surface area contributed by atoms with E-state index in [1.807, 2.05) is 6.92 Å². The average molecular weight is 324 g/mol. The fourth-order valence-electron chi connectivity index (χ4n) is 1.04. The van der Waals surface area contributed by atoms with Crippen molar-refractivity contribution in [2.24, 2.45) is 5.73 Å². The number of aliphatic hydroxyl groups is 1. The SMILES string of the molecule is Cc1c(Br)cnc([C@H](N)[C@H](C)O)c1Br. The second-order valence-corrected chi connectivity index (χ2v) is 4.84. The lowest BCUT2D eigenvalue weighted by atomic mass is 10.1. The number of rotatable bonds is 2. The fourth-order valence-corrected chi connectivity index (χ4v) is 2.18. The summed E-state index contributed by atoms with van der Waals surface area (Å²) in [4.78, 5) is 4.18. The highest BCUT2D eigenvalue weighted by molar-refractivity contribution is 9.11. The molecule has 1 aromatic heterocycles. The van der Waals surface area contributed by atoms with E-state index in [1.54, 1.807) is 13.1 Å². The standard InChI is InChI=1S/C9H12Br2N2O/c1-4-6(10)3-13-9(7(4)11)8(12)5(2)14/h3,5,8,14H,12H2,1-2H3/t5-,8+/m0/s1. The molecule has 0 fully saturated rings. The Labute approximate surface area is 100.0 Å². The van der Waals surface area contributed by atoms with Crippen LogP contribution >= 0.6 is 31.9 Å². The molecule has 0 unspecified atom stereocenters. The van der Waals surface area contributed by atoms with Gasteiger partial charge in [-0.2, -0.15) is 0 Å². The Balaban J connectivity index is 3.17. The third-order valence-electron chi connectivity index (χ3n) is 2.06. The molecule has 0 aliphatic rings. The van der Waals surface area contributed by atoms with Gasteiger partial charge in [-0.3, -0.25) is 4.98 Å². The van der Waals surface area contributed by atoms with Crippen molar-refractivity contribution < 1.29 is 5.11 Å². The van der Waals surface area contributed by atoms with Gasteiger partial charge in [-0.25, -0.2) is 0 Å². The first-order valence-corrected chi connectivity index (χ1v) is 5.78. The lowest BCUT2D eigenvalue weighted by molar-refractivity contribution is 0.162. The van der Waals surface area contributed by atoms with Gasteiger partial charge in [0.1, 0.15) is 0 Å². The largest absolute Gasteiger partial charge is 0.391 e. The van der Waals surface area contributed by atoms with Gasteiger partial charge in [-0.15, -0.1) is 0 Å². The molecular weight excluding hydrogens is 312 g/mol. The molecule has 1 heterocycles. The highest BCUT2D eigenvalue weighted by Crippen LogP contribution is 2.29. The van der Waals surface area contributed by atoms with E-state index in [1.165, 1.54) is 0 Å². The molecule has 2 atom stereocenters. The summed E-state index contributed by atoms with van der Waals surface area (Å²) in [5, 5.41) is 9.36. The van der Waals surface area contributed by atoms with E-state index in [0.717, 1.165) is 14.5 Å². The Bertz CT molecular complexity index is 342. The summed E-state index contributed by atoms with van der Waals surface area (Å²) < 4.78 is 1.77. The molecule has 0 aliphatic heterocycles. The van der Waals surface area contributed by atoms with E-state index in [2.05, 4.69) is 36.8 Å². The third kappa shape index (κ3) is 2.34. The minimum Gasteiger partial charge on any atom is -0.391 e. The molecule has 0 radical (unpaired) electrons. The lowest BCUT2D eigenvalue weighted by Gasteiger charge is -2.17. The summed E-state index contributed by atoms with van der Waals surface area (Å²) in [5.41, 5.74) is 7.51. The molecule has 0 saturated carbocycles. The van der Waals surface area contributed by atoms with Crippen LogP contribution in [0.5, 0.6) is 0 Å². The van der Waals surface area contributed by atoms with Gasteiger partial charge in [0.25, 0.3) is 0 Å². The molecular formula is C9H12Br2N2O. The molecule has 0 amide bonds. The van der Waals surface area contributed by atoms with E-state index in [0.29, 0.717) is 5.69 Å². The van der Waals surface area contributed by atoms with Crippen molar-refractivity contribution in [1.82, 2.24) is 4.98 Å². The van der Waals surface area contributed by atoms with Crippen LogP contribution in [0.3, 0.4) is 0 Å². The molecule has 5 heteroatoms. The van der Waals surface area contributed by atoms with Crippen LogP contribution in [-0.4, -0.2) is 16.2 Å². The van der Waals surface area contributed by atoms with Crippen LogP contribution in [0.2, 0.25) is 0 Å². The van der Waals surface area contributed by atoms with Gasteiger partial charge in [0, 0.05) is 15.1 Å². The van der Waals surface area contributed by atoms with Crippen LogP contribution in [-0.2, 0) is 0 Å². The summed E-state index contributed by atoms with van der Waals surface area (Å²) >= 11 is 6.79. The molecule has 0 aliphatic carbocycles. The van der Waals surface area contributed by atoms with Crippen molar-refractivity contribution in [3.63, 3.8) is 0 Å². The zero-order valence-electron chi connectivity index (χ0n) is 7.96. The maximum atomic E-state index is 9.36. The third-order valence-corrected chi connectivity index (χ3v) is 3.87. The highest BCUT2D eigenvalue weighted by Gasteiger charge is 2.18. The van der Waals surface area contributed by atoms with E-state index < -0.39 is 12.1 Å². The molecule has 0 aromatic carbocycles. The molecule has 1 aromatic rings. The Morgan fingerprint density at radius 3 is 2.57 bits per heavy atom. The predicted molar refractivity (Wildman–Crippen MR) is 63.0 cm³/mol. The van der Waals surface area contributed by atoms with Crippen LogP contribution in [0, 0.1) is 6.92 Å². The smallest absolute Gasteiger partial charge is 0.0742 e. The van der Waals surface area contributed by atoms with E-state index in [9.17, 15) is 5.11 Å². The lowest BCUT2D eigenvalue weighted by Crippen LogP contribution is -2.24. The van der Waals surface area contributed by atoms with Crippen LogP contribution in [0.25, 0.3) is 0 Å². The van der Waals surface area contributed by atoms with Gasteiger partial charge in [0.05, 0.1) is 17.8 Å². The summed E-state index contributed by atoms with van der Waals surface area (Å²) in [6.45, 7) is 3.60. The molecule has 0 bridgehead atoms. The molecule has 78 valence electrons. The van der Waals surface area contributed by atoms with Gasteiger partial charge in [-0.1, -0.05) is 0 Å². The molecule has 0 spiro atoms. The first-order chi connectivity index (χ1) is 6.45. The minimum absolute atomic E-state index is 0.462. The maximum absolute atomic E-state index is 9.36. The van der Waals surface area contributed by atoms with Gasteiger partial charge < -0.3 is 10.8 Å². The Kier molecular flexibility index (Phi) is 4.06. The molecule has 3 nitrogen and oxygen atoms in total. The number of aliphatic hydroxyl groups excluding tert-OH is 1. The fraction of sp³-hybridized carbons (Fsp3) is 0.444. The molecule has 3 N–H and O–H groups in total. The number of nitrogens with two attached hydrogens (primary N) is 1. The highest BCUT2D eigenvalue weighted by atomic mass is 79.9. The van der Waals surface area contributed by atoms with Crippen LogP contribution in [0.15, 0.2) is 15.1 Å². The van der Waals surface area contributed by atoms with Gasteiger partial charge in [0.2, 0.25) is 0 Å². The quantitative estimate of drug-likeness (QED) is 0.878. The number of nitrogens with zero attached hydrogens (tertiary/aromatic N) is 1. The average Bonchev–Trinajstić information content (AvgIpc) is 2.13. The van der Waals surface area contributed by atoms with E-state index in [-0.39, 0.29) is 0 Å². The van der Waals surface area contributed by atoms with Crippen molar-refractivity contribution in [2.45, 2.75) is 26.0 Å². The van der Waals surface area contributed by atoms with Gasteiger partial charge >= 0.3 is 0 Å². The first-order valence-electron chi connectivity index (χ1n) is 4.19. The second-order valence-electron chi connectivity index (χ2n) is 3.20. The summed E-state index contributed by atoms with van der Waals surface area (Å²) in [7, 11) is 0. The topological polar surface area (TPSA) is 59.1 Å².